The Balaban J connectivity index is 2.46. The van der Waals surface area contributed by atoms with E-state index in [1.807, 2.05) is 0 Å². The van der Waals surface area contributed by atoms with E-state index in [9.17, 15) is 23.3 Å². The second-order valence-corrected chi connectivity index (χ2v) is 7.67. The first-order chi connectivity index (χ1) is 10.6. The van der Waals surface area contributed by atoms with Gasteiger partial charge in [0.2, 0.25) is 15.9 Å². The molecule has 8 nitrogen and oxygen atoms in total. The maximum Gasteiger partial charge on any atom is 0.270 e. The summed E-state index contributed by atoms with van der Waals surface area (Å²) in [6.07, 6.45) is 1.05. The van der Waals surface area contributed by atoms with Crippen molar-refractivity contribution in [3.63, 3.8) is 0 Å². The van der Waals surface area contributed by atoms with Crippen LogP contribution in [0.15, 0.2) is 23.1 Å². The smallest absolute Gasteiger partial charge is 0.270 e. The molecule has 0 aromatic heterocycles. The molecule has 126 valence electrons. The molecule has 1 heterocycles. The van der Waals surface area contributed by atoms with E-state index in [1.165, 1.54) is 16.4 Å². The van der Waals surface area contributed by atoms with Crippen LogP contribution in [-0.2, 0) is 14.8 Å². The SMILES string of the molecule is Cc1ccc([N+](=O)[O-])cc1S(=O)(=O)N1C[C@@H](C(N)=O)CC[C@H]1C. The molecule has 1 aromatic rings. The number of carbonyl (C=O) groups is 1. The Hall–Kier alpha value is -2.00. The molecule has 1 fully saturated rings. The summed E-state index contributed by atoms with van der Waals surface area (Å²) in [5.41, 5.74) is 5.43. The number of nitrogens with two attached hydrogens (primary N) is 1. The first-order valence-electron chi connectivity index (χ1n) is 7.20. The van der Waals surface area contributed by atoms with Gasteiger partial charge in [0, 0.05) is 24.7 Å². The molecule has 0 bridgehead atoms. The van der Waals surface area contributed by atoms with Crippen LogP contribution in [0.2, 0.25) is 0 Å². The van der Waals surface area contributed by atoms with Crippen LogP contribution in [0.25, 0.3) is 0 Å². The normalized spacial score (nSPS) is 22.7. The van der Waals surface area contributed by atoms with Crippen LogP contribution in [0.5, 0.6) is 0 Å². The third-order valence-corrected chi connectivity index (χ3v) is 6.32. The fourth-order valence-corrected chi connectivity index (χ4v) is 4.70. The average molecular weight is 341 g/mol. The van der Waals surface area contributed by atoms with Crippen molar-refractivity contribution in [1.82, 2.24) is 4.31 Å². The van der Waals surface area contributed by atoms with E-state index in [1.54, 1.807) is 13.8 Å². The van der Waals surface area contributed by atoms with E-state index in [2.05, 4.69) is 0 Å². The van der Waals surface area contributed by atoms with Gasteiger partial charge in [-0.1, -0.05) is 6.07 Å². The molecular formula is C14H19N3O5S. The molecule has 2 atom stereocenters. The molecular weight excluding hydrogens is 322 g/mol. The Labute approximate surface area is 134 Å². The van der Waals surface area contributed by atoms with E-state index >= 15 is 0 Å². The number of piperidine rings is 1. The van der Waals surface area contributed by atoms with Crippen LogP contribution < -0.4 is 5.73 Å². The number of benzene rings is 1. The van der Waals surface area contributed by atoms with Gasteiger partial charge in [-0.25, -0.2) is 8.42 Å². The van der Waals surface area contributed by atoms with Gasteiger partial charge in [-0.2, -0.15) is 4.31 Å². The lowest BCUT2D eigenvalue weighted by Gasteiger charge is -2.36. The van der Waals surface area contributed by atoms with Crippen molar-refractivity contribution >= 4 is 21.6 Å². The minimum absolute atomic E-state index is 0.000958. The van der Waals surface area contributed by atoms with Crippen molar-refractivity contribution in [2.24, 2.45) is 11.7 Å². The summed E-state index contributed by atoms with van der Waals surface area (Å²) in [7, 11) is -3.94. The number of rotatable bonds is 4. The largest absolute Gasteiger partial charge is 0.369 e. The monoisotopic (exact) mass is 341 g/mol. The van der Waals surface area contributed by atoms with Gasteiger partial charge in [-0.15, -0.1) is 0 Å². The number of sulfonamides is 1. The number of amides is 1. The lowest BCUT2D eigenvalue weighted by atomic mass is 9.95. The van der Waals surface area contributed by atoms with Gasteiger partial charge >= 0.3 is 0 Å². The minimum atomic E-state index is -3.94. The van der Waals surface area contributed by atoms with Crippen LogP contribution in [0.4, 0.5) is 5.69 Å². The topological polar surface area (TPSA) is 124 Å². The number of nitro benzene ring substituents is 1. The van der Waals surface area contributed by atoms with Crippen molar-refractivity contribution in [1.29, 1.82) is 0 Å². The molecule has 0 radical (unpaired) electrons. The fraction of sp³-hybridized carbons (Fsp3) is 0.500. The molecule has 1 aliphatic rings. The molecule has 0 spiro atoms. The van der Waals surface area contributed by atoms with E-state index in [0.717, 1.165) is 6.07 Å². The third-order valence-electron chi connectivity index (χ3n) is 4.20. The zero-order valence-electron chi connectivity index (χ0n) is 12.9. The minimum Gasteiger partial charge on any atom is -0.369 e. The molecule has 0 unspecified atom stereocenters. The number of aryl methyl sites for hydroxylation is 1. The van der Waals surface area contributed by atoms with Gasteiger partial charge in [-0.3, -0.25) is 14.9 Å². The van der Waals surface area contributed by atoms with Crippen LogP contribution in [-0.4, -0.2) is 36.1 Å². The number of hydrogen-bond acceptors (Lipinski definition) is 5. The molecule has 0 saturated carbocycles. The highest BCUT2D eigenvalue weighted by atomic mass is 32.2. The molecule has 1 amide bonds. The number of nitrogens with zero attached hydrogens (tertiary/aromatic N) is 2. The molecule has 1 saturated heterocycles. The predicted molar refractivity (Wildman–Crippen MR) is 83.1 cm³/mol. The van der Waals surface area contributed by atoms with Crippen LogP contribution in [0.1, 0.15) is 25.3 Å². The van der Waals surface area contributed by atoms with E-state index in [0.29, 0.717) is 18.4 Å². The first-order valence-corrected chi connectivity index (χ1v) is 8.64. The highest BCUT2D eigenvalue weighted by Crippen LogP contribution is 2.31. The van der Waals surface area contributed by atoms with Gasteiger partial charge in [-0.05, 0) is 32.3 Å². The summed E-state index contributed by atoms with van der Waals surface area (Å²) in [4.78, 5) is 21.6. The quantitative estimate of drug-likeness (QED) is 0.650. The molecule has 9 heteroatoms. The summed E-state index contributed by atoms with van der Waals surface area (Å²) in [6.45, 7) is 3.33. The summed E-state index contributed by atoms with van der Waals surface area (Å²) >= 11 is 0. The molecule has 1 aliphatic heterocycles. The number of non-ortho nitro benzene ring substituents is 1. The van der Waals surface area contributed by atoms with Crippen LogP contribution >= 0.6 is 0 Å². The van der Waals surface area contributed by atoms with Crippen LogP contribution in [0, 0.1) is 23.0 Å². The Morgan fingerprint density at radius 3 is 2.61 bits per heavy atom. The van der Waals surface area contributed by atoms with Gasteiger partial charge in [0.05, 0.1) is 15.7 Å². The zero-order chi connectivity index (χ0) is 17.4. The van der Waals surface area contributed by atoms with Gasteiger partial charge in [0.1, 0.15) is 0 Å². The maximum absolute atomic E-state index is 12.9. The first kappa shape index (κ1) is 17.4. The Kier molecular flexibility index (Phi) is 4.71. The highest BCUT2D eigenvalue weighted by molar-refractivity contribution is 7.89. The lowest BCUT2D eigenvalue weighted by molar-refractivity contribution is -0.385. The Bertz CT molecular complexity index is 747. The number of carbonyl (C=O) groups excluding carboxylic acids is 1. The summed E-state index contributed by atoms with van der Waals surface area (Å²) in [6, 6.07) is 3.44. The maximum atomic E-state index is 12.9. The second kappa shape index (κ2) is 6.25. The second-order valence-electron chi connectivity index (χ2n) is 5.81. The molecule has 2 rings (SSSR count). The van der Waals surface area contributed by atoms with Gasteiger partial charge in [0.15, 0.2) is 0 Å². The molecule has 0 aliphatic carbocycles. The predicted octanol–water partition coefficient (Wildman–Crippen LogP) is 1.18. The Morgan fingerprint density at radius 2 is 2.04 bits per heavy atom. The van der Waals surface area contributed by atoms with Crippen molar-refractivity contribution in [3.05, 3.63) is 33.9 Å². The number of hydrogen-bond donors (Lipinski definition) is 1. The molecule has 2 N–H and O–H groups in total. The average Bonchev–Trinajstić information content (AvgIpc) is 2.47. The van der Waals surface area contributed by atoms with E-state index in [-0.39, 0.29) is 23.2 Å². The zero-order valence-corrected chi connectivity index (χ0v) is 13.7. The van der Waals surface area contributed by atoms with Crippen molar-refractivity contribution in [2.75, 3.05) is 6.54 Å². The number of nitro groups is 1. The van der Waals surface area contributed by atoms with E-state index in [4.69, 9.17) is 5.73 Å². The third kappa shape index (κ3) is 3.35. The van der Waals surface area contributed by atoms with Gasteiger partial charge < -0.3 is 5.73 Å². The highest BCUT2D eigenvalue weighted by Gasteiger charge is 2.37. The molecule has 1 aromatic carbocycles. The van der Waals surface area contributed by atoms with E-state index < -0.39 is 26.8 Å². The fourth-order valence-electron chi connectivity index (χ4n) is 2.75. The summed E-state index contributed by atoms with van der Waals surface area (Å²) in [5, 5.41) is 10.9. The summed E-state index contributed by atoms with van der Waals surface area (Å²) in [5.74, 6) is -1.08. The standard InChI is InChI=1S/C14H19N3O5S/c1-9-3-6-12(17(19)20)7-13(9)23(21,22)16-8-11(14(15)18)5-4-10(16)2/h3,6-7,10-11H,4-5,8H2,1-2H3,(H2,15,18)/t10-,11+/m1/s1. The summed E-state index contributed by atoms with van der Waals surface area (Å²) < 4.78 is 27.0. The Morgan fingerprint density at radius 1 is 1.39 bits per heavy atom. The van der Waals surface area contributed by atoms with Crippen LogP contribution in [0.3, 0.4) is 0 Å². The molecule has 23 heavy (non-hydrogen) atoms. The number of primary amides is 1. The lowest BCUT2D eigenvalue weighted by Crippen LogP contribution is -2.48. The van der Waals surface area contributed by atoms with Crippen molar-refractivity contribution in [3.8, 4) is 0 Å². The van der Waals surface area contributed by atoms with Crippen molar-refractivity contribution in [2.45, 2.75) is 37.6 Å². The van der Waals surface area contributed by atoms with Gasteiger partial charge in [0.25, 0.3) is 5.69 Å². The van der Waals surface area contributed by atoms with Crippen molar-refractivity contribution < 1.29 is 18.1 Å².